The Morgan fingerprint density at radius 3 is 2.21 bits per heavy atom. The van der Waals surface area contributed by atoms with E-state index in [2.05, 4.69) is 9.97 Å². The van der Waals surface area contributed by atoms with Crippen molar-refractivity contribution in [3.8, 4) is 0 Å². The molecule has 0 spiro atoms. The maximum Gasteiger partial charge on any atom is 0.227 e. The molecule has 0 aliphatic rings. The van der Waals surface area contributed by atoms with Crippen molar-refractivity contribution in [1.82, 2.24) is 9.97 Å². The summed E-state index contributed by atoms with van der Waals surface area (Å²) in [5.41, 5.74) is 2.69. The van der Waals surface area contributed by atoms with Gasteiger partial charge in [0, 0.05) is 17.5 Å². The van der Waals surface area contributed by atoms with Gasteiger partial charge in [-0.2, -0.15) is 0 Å². The number of aliphatic hydroxyl groups is 1. The predicted molar refractivity (Wildman–Crippen MR) is 77.0 cm³/mol. The molecule has 0 aliphatic carbocycles. The van der Waals surface area contributed by atoms with E-state index in [4.69, 9.17) is 4.42 Å². The van der Waals surface area contributed by atoms with Crippen LogP contribution in [-0.4, -0.2) is 15.1 Å². The van der Waals surface area contributed by atoms with Crippen LogP contribution < -0.4 is 0 Å². The standard InChI is InChI=1S/C11H12N2O2.2C2H6/c1-7-5-9(6-13-8(7)2)10(14)11-12-3-4-15-11;2*1-2/h3-6,10,14H,1-2H3;2*1-2H3. The van der Waals surface area contributed by atoms with Crippen molar-refractivity contribution in [2.24, 2.45) is 0 Å². The lowest BCUT2D eigenvalue weighted by molar-refractivity contribution is 0.182. The van der Waals surface area contributed by atoms with Crippen LogP contribution in [0.25, 0.3) is 0 Å². The van der Waals surface area contributed by atoms with Crippen LogP contribution >= 0.6 is 0 Å². The molecule has 2 heterocycles. The average molecular weight is 264 g/mol. The summed E-state index contributed by atoms with van der Waals surface area (Å²) in [4.78, 5) is 8.08. The first kappa shape index (κ1) is 17.3. The van der Waals surface area contributed by atoms with E-state index < -0.39 is 6.10 Å². The number of hydrogen-bond donors (Lipinski definition) is 1. The number of nitrogens with zero attached hydrogens (tertiary/aromatic N) is 2. The number of pyridine rings is 1. The van der Waals surface area contributed by atoms with Gasteiger partial charge in [-0.15, -0.1) is 0 Å². The predicted octanol–water partition coefficient (Wildman–Crippen LogP) is 3.82. The lowest BCUT2D eigenvalue weighted by atomic mass is 10.1. The first-order valence-corrected chi connectivity index (χ1v) is 6.69. The van der Waals surface area contributed by atoms with Crippen LogP contribution in [0.4, 0.5) is 0 Å². The molecule has 0 aromatic carbocycles. The third-order valence-electron chi connectivity index (χ3n) is 2.36. The monoisotopic (exact) mass is 264 g/mol. The quantitative estimate of drug-likeness (QED) is 0.895. The lowest BCUT2D eigenvalue weighted by Crippen LogP contribution is -2.02. The molecule has 0 bridgehead atoms. The van der Waals surface area contributed by atoms with Gasteiger partial charge >= 0.3 is 0 Å². The Bertz CT molecular complexity index is 453. The number of aryl methyl sites for hydroxylation is 2. The molecule has 0 radical (unpaired) electrons. The van der Waals surface area contributed by atoms with Crippen LogP contribution in [0, 0.1) is 13.8 Å². The third-order valence-corrected chi connectivity index (χ3v) is 2.36. The summed E-state index contributed by atoms with van der Waals surface area (Å²) in [6.45, 7) is 11.9. The van der Waals surface area contributed by atoms with Gasteiger partial charge in [-0.25, -0.2) is 4.98 Å². The molecular weight excluding hydrogens is 240 g/mol. The van der Waals surface area contributed by atoms with Crippen molar-refractivity contribution >= 4 is 0 Å². The van der Waals surface area contributed by atoms with Gasteiger partial charge < -0.3 is 9.52 Å². The van der Waals surface area contributed by atoms with Gasteiger partial charge in [0.15, 0.2) is 6.10 Å². The molecule has 0 aliphatic heterocycles. The summed E-state index contributed by atoms with van der Waals surface area (Å²) >= 11 is 0. The molecule has 1 N–H and O–H groups in total. The van der Waals surface area contributed by atoms with Crippen LogP contribution in [0.1, 0.15) is 56.5 Å². The van der Waals surface area contributed by atoms with Gasteiger partial charge in [0.2, 0.25) is 5.89 Å². The third kappa shape index (κ3) is 4.83. The minimum Gasteiger partial charge on any atom is -0.446 e. The Kier molecular flexibility index (Phi) is 8.46. The van der Waals surface area contributed by atoms with Crippen molar-refractivity contribution in [1.29, 1.82) is 0 Å². The Morgan fingerprint density at radius 1 is 1.11 bits per heavy atom. The normalized spacial score (nSPS) is 10.7. The molecular formula is C15H24N2O2. The first-order chi connectivity index (χ1) is 9.18. The summed E-state index contributed by atoms with van der Waals surface area (Å²) in [7, 11) is 0. The minimum absolute atomic E-state index is 0.292. The van der Waals surface area contributed by atoms with E-state index >= 15 is 0 Å². The fourth-order valence-electron chi connectivity index (χ4n) is 1.33. The zero-order valence-electron chi connectivity index (χ0n) is 12.6. The minimum atomic E-state index is -0.841. The fraction of sp³-hybridized carbons (Fsp3) is 0.467. The maximum atomic E-state index is 9.90. The molecule has 1 atom stereocenters. The highest BCUT2D eigenvalue weighted by molar-refractivity contribution is 5.26. The molecule has 4 nitrogen and oxygen atoms in total. The van der Waals surface area contributed by atoms with E-state index in [9.17, 15) is 5.11 Å². The second-order valence-corrected chi connectivity index (χ2v) is 3.44. The summed E-state index contributed by atoms with van der Waals surface area (Å²) < 4.78 is 5.03. The summed E-state index contributed by atoms with van der Waals surface area (Å²) in [6.07, 6.45) is 3.74. The highest BCUT2D eigenvalue weighted by Gasteiger charge is 2.15. The van der Waals surface area contributed by atoms with Gasteiger partial charge in [-0.05, 0) is 25.5 Å². The van der Waals surface area contributed by atoms with Gasteiger partial charge in [0.25, 0.3) is 0 Å². The number of hydrogen-bond acceptors (Lipinski definition) is 4. The van der Waals surface area contributed by atoms with E-state index in [1.165, 1.54) is 12.5 Å². The van der Waals surface area contributed by atoms with Crippen molar-refractivity contribution < 1.29 is 9.52 Å². The molecule has 19 heavy (non-hydrogen) atoms. The van der Waals surface area contributed by atoms with E-state index in [0.717, 1.165) is 11.3 Å². The smallest absolute Gasteiger partial charge is 0.227 e. The van der Waals surface area contributed by atoms with Gasteiger partial charge in [0.05, 0.1) is 6.20 Å². The zero-order valence-corrected chi connectivity index (χ0v) is 12.6. The van der Waals surface area contributed by atoms with Crippen molar-refractivity contribution in [3.63, 3.8) is 0 Å². The summed E-state index contributed by atoms with van der Waals surface area (Å²) in [5.74, 6) is 0.292. The molecule has 1 unspecified atom stereocenters. The number of aliphatic hydroxyl groups excluding tert-OH is 1. The molecule has 2 rings (SSSR count). The highest BCUT2D eigenvalue weighted by Crippen LogP contribution is 2.20. The Labute approximate surface area is 115 Å². The summed E-state index contributed by atoms with van der Waals surface area (Å²) in [5, 5.41) is 9.90. The topological polar surface area (TPSA) is 59.2 Å². The van der Waals surface area contributed by atoms with Crippen LogP contribution in [0.3, 0.4) is 0 Å². The van der Waals surface area contributed by atoms with Gasteiger partial charge in [-0.1, -0.05) is 27.7 Å². The van der Waals surface area contributed by atoms with Crippen LogP contribution in [-0.2, 0) is 0 Å². The van der Waals surface area contributed by atoms with Crippen LogP contribution in [0.2, 0.25) is 0 Å². The Hall–Kier alpha value is -1.68. The largest absolute Gasteiger partial charge is 0.446 e. The number of oxazole rings is 1. The molecule has 0 amide bonds. The van der Waals surface area contributed by atoms with Crippen molar-refractivity contribution in [2.45, 2.75) is 47.6 Å². The molecule has 4 heteroatoms. The van der Waals surface area contributed by atoms with E-state index in [1.54, 1.807) is 6.20 Å². The second-order valence-electron chi connectivity index (χ2n) is 3.44. The molecule has 2 aromatic rings. The average Bonchev–Trinajstić information content (AvgIpc) is 3.00. The van der Waals surface area contributed by atoms with Gasteiger partial charge in [0.1, 0.15) is 6.26 Å². The van der Waals surface area contributed by atoms with E-state index in [-0.39, 0.29) is 0 Å². The SMILES string of the molecule is CC.CC.Cc1cc(C(O)c2ncco2)cnc1C. The second kappa shape index (κ2) is 9.28. The summed E-state index contributed by atoms with van der Waals surface area (Å²) in [6, 6.07) is 1.89. The van der Waals surface area contributed by atoms with Crippen molar-refractivity contribution in [2.75, 3.05) is 0 Å². The highest BCUT2D eigenvalue weighted by atomic mass is 16.4. The van der Waals surface area contributed by atoms with E-state index in [1.807, 2.05) is 47.6 Å². The maximum absolute atomic E-state index is 9.90. The Morgan fingerprint density at radius 2 is 1.74 bits per heavy atom. The molecule has 0 saturated heterocycles. The molecule has 2 aromatic heterocycles. The zero-order chi connectivity index (χ0) is 14.8. The number of aromatic nitrogens is 2. The van der Waals surface area contributed by atoms with E-state index in [0.29, 0.717) is 11.5 Å². The fourth-order valence-corrected chi connectivity index (χ4v) is 1.33. The molecule has 0 saturated carbocycles. The Balaban J connectivity index is 0.000000741. The lowest BCUT2D eigenvalue weighted by Gasteiger charge is -2.08. The first-order valence-electron chi connectivity index (χ1n) is 6.69. The van der Waals surface area contributed by atoms with Crippen LogP contribution in [0.15, 0.2) is 29.1 Å². The number of rotatable bonds is 2. The molecule has 106 valence electrons. The molecule has 0 fully saturated rings. The van der Waals surface area contributed by atoms with Crippen molar-refractivity contribution in [3.05, 3.63) is 47.4 Å². The van der Waals surface area contributed by atoms with Gasteiger partial charge in [-0.3, -0.25) is 4.98 Å². The van der Waals surface area contributed by atoms with Crippen LogP contribution in [0.5, 0.6) is 0 Å².